The highest BCUT2D eigenvalue weighted by Crippen LogP contribution is 2.22. The van der Waals surface area contributed by atoms with Crippen LogP contribution in [0.15, 0.2) is 16.9 Å². The molecule has 3 rings (SSSR count). The summed E-state index contributed by atoms with van der Waals surface area (Å²) in [6.45, 7) is 2.85. The predicted molar refractivity (Wildman–Crippen MR) is 108 cm³/mol. The van der Waals surface area contributed by atoms with E-state index >= 15 is 0 Å². The molecule has 1 aromatic carbocycles. The van der Waals surface area contributed by atoms with Crippen molar-refractivity contribution in [2.45, 2.75) is 38.8 Å². The lowest BCUT2D eigenvalue weighted by Gasteiger charge is -2.24. The summed E-state index contributed by atoms with van der Waals surface area (Å²) in [4.78, 5) is 53.0. The molecule has 1 fully saturated rings. The Balaban J connectivity index is 1.98. The van der Waals surface area contributed by atoms with E-state index in [0.29, 0.717) is 29.7 Å². The molecule has 10 nitrogen and oxygen atoms in total. The summed E-state index contributed by atoms with van der Waals surface area (Å²) >= 11 is 0. The number of aromatic nitrogens is 2. The molecule has 1 aliphatic rings. The van der Waals surface area contributed by atoms with Gasteiger partial charge in [0, 0.05) is 19.7 Å². The van der Waals surface area contributed by atoms with Gasteiger partial charge in [0.25, 0.3) is 0 Å². The van der Waals surface area contributed by atoms with Crippen LogP contribution >= 0.6 is 0 Å². The zero-order chi connectivity index (χ0) is 21.8. The topological polar surface area (TPSA) is 137 Å². The van der Waals surface area contributed by atoms with Gasteiger partial charge >= 0.3 is 11.7 Å². The van der Waals surface area contributed by atoms with Gasteiger partial charge in [-0.1, -0.05) is 0 Å². The molecule has 0 spiro atoms. The van der Waals surface area contributed by atoms with Crippen molar-refractivity contribution in [3.8, 4) is 0 Å². The number of imidazole rings is 1. The normalized spacial score (nSPS) is 16.0. The van der Waals surface area contributed by atoms with E-state index in [1.807, 2.05) is 6.92 Å². The Kier molecular flexibility index (Phi) is 6.56. The van der Waals surface area contributed by atoms with Gasteiger partial charge < -0.3 is 25.1 Å². The molecule has 2 heterocycles. The molecule has 0 aliphatic carbocycles. The zero-order valence-corrected chi connectivity index (χ0v) is 17.1. The van der Waals surface area contributed by atoms with Gasteiger partial charge in [0.15, 0.2) is 0 Å². The highest BCUT2D eigenvalue weighted by atomic mass is 16.5. The number of amides is 2. The highest BCUT2D eigenvalue weighted by Gasteiger charge is 2.25. The van der Waals surface area contributed by atoms with Crippen LogP contribution in [0.5, 0.6) is 0 Å². The average molecular weight is 418 g/mol. The summed E-state index contributed by atoms with van der Waals surface area (Å²) in [5.41, 5.74) is 6.68. The fraction of sp³-hybridized carbons (Fsp3) is 0.500. The van der Waals surface area contributed by atoms with Crippen LogP contribution < -0.4 is 11.4 Å². The summed E-state index contributed by atoms with van der Waals surface area (Å²) in [6, 6.07) is 3.07. The number of nitrogens with zero attached hydrogens (tertiary/aromatic N) is 2. The fourth-order valence-electron chi connectivity index (χ4n) is 3.82. The number of aromatic amines is 1. The Labute approximate surface area is 172 Å². The van der Waals surface area contributed by atoms with Gasteiger partial charge in [-0.25, -0.2) is 9.59 Å². The lowest BCUT2D eigenvalue weighted by atomic mass is 10.0. The largest absolute Gasteiger partial charge is 0.465 e. The van der Waals surface area contributed by atoms with Crippen LogP contribution in [0.4, 0.5) is 0 Å². The molecule has 3 N–H and O–H groups in total. The van der Waals surface area contributed by atoms with Crippen LogP contribution in [0.1, 0.15) is 35.7 Å². The Hall–Kier alpha value is -3.14. The third-order valence-electron chi connectivity index (χ3n) is 5.17. The SMILES string of the molecule is CCn1c(=O)[nH]c2cc(C(=O)OC)cc(CC(=O)N(CC(N)=O)CC3CCCO3)c21. The number of nitrogens with one attached hydrogen (secondary N) is 1. The van der Waals surface area contributed by atoms with Crippen LogP contribution in [0, 0.1) is 0 Å². The Morgan fingerprint density at radius 1 is 1.37 bits per heavy atom. The smallest absolute Gasteiger partial charge is 0.337 e. The summed E-state index contributed by atoms with van der Waals surface area (Å²) < 4.78 is 11.9. The summed E-state index contributed by atoms with van der Waals surface area (Å²) in [7, 11) is 1.26. The minimum Gasteiger partial charge on any atom is -0.465 e. The maximum atomic E-state index is 13.1. The molecule has 10 heteroatoms. The maximum Gasteiger partial charge on any atom is 0.337 e. The van der Waals surface area contributed by atoms with Gasteiger partial charge in [-0.05, 0) is 37.5 Å². The highest BCUT2D eigenvalue weighted by molar-refractivity contribution is 5.96. The fourth-order valence-corrected chi connectivity index (χ4v) is 3.82. The second-order valence-electron chi connectivity index (χ2n) is 7.25. The van der Waals surface area contributed by atoms with Crippen molar-refractivity contribution in [1.29, 1.82) is 0 Å². The molecule has 1 saturated heterocycles. The summed E-state index contributed by atoms with van der Waals surface area (Å²) in [5.74, 6) is -1.55. The van der Waals surface area contributed by atoms with E-state index in [1.54, 1.807) is 6.07 Å². The molecule has 2 amide bonds. The van der Waals surface area contributed by atoms with Crippen molar-refractivity contribution in [3.05, 3.63) is 33.7 Å². The molecular formula is C20H26N4O6. The molecule has 0 bridgehead atoms. The van der Waals surface area contributed by atoms with Crippen molar-refractivity contribution >= 4 is 28.8 Å². The predicted octanol–water partition coefficient (Wildman–Crippen LogP) is 0.172. The minimum atomic E-state index is -0.623. The lowest BCUT2D eigenvalue weighted by Crippen LogP contribution is -2.43. The zero-order valence-electron chi connectivity index (χ0n) is 17.1. The van der Waals surface area contributed by atoms with Gasteiger partial charge in [0.2, 0.25) is 11.8 Å². The van der Waals surface area contributed by atoms with Gasteiger partial charge in [-0.2, -0.15) is 0 Å². The number of carbonyl (C=O) groups excluding carboxylic acids is 3. The standard InChI is InChI=1S/C20H26N4O6/c1-3-24-18-12(7-13(19(27)29-2)8-15(18)22-20(24)28)9-17(26)23(11-16(21)25)10-14-5-4-6-30-14/h7-8,14H,3-6,9-11H2,1-2H3,(H2,21,25)(H,22,28). The van der Waals surface area contributed by atoms with Gasteiger partial charge in [-0.3, -0.25) is 14.2 Å². The first kappa shape index (κ1) is 21.6. The van der Waals surface area contributed by atoms with E-state index in [1.165, 1.54) is 22.6 Å². The number of nitrogens with two attached hydrogens (primary N) is 1. The van der Waals surface area contributed by atoms with Crippen molar-refractivity contribution in [1.82, 2.24) is 14.5 Å². The van der Waals surface area contributed by atoms with Crippen molar-refractivity contribution in [3.63, 3.8) is 0 Å². The number of methoxy groups -OCH3 is 1. The van der Waals surface area contributed by atoms with Crippen LogP contribution in [0.2, 0.25) is 0 Å². The number of hydrogen-bond acceptors (Lipinski definition) is 6. The second-order valence-corrected chi connectivity index (χ2v) is 7.25. The quantitative estimate of drug-likeness (QED) is 0.587. The Morgan fingerprint density at radius 2 is 2.13 bits per heavy atom. The molecule has 0 saturated carbocycles. The Morgan fingerprint density at radius 3 is 2.73 bits per heavy atom. The van der Waals surface area contributed by atoms with E-state index in [2.05, 4.69) is 4.98 Å². The van der Waals surface area contributed by atoms with Crippen molar-refractivity contribution < 1.29 is 23.9 Å². The maximum absolute atomic E-state index is 13.1. The van der Waals surface area contributed by atoms with E-state index < -0.39 is 11.9 Å². The second kappa shape index (κ2) is 9.12. The summed E-state index contributed by atoms with van der Waals surface area (Å²) in [5, 5.41) is 0. The molecule has 2 aromatic rings. The van der Waals surface area contributed by atoms with E-state index in [9.17, 15) is 19.2 Å². The number of aryl methyl sites for hydroxylation is 1. The van der Waals surface area contributed by atoms with Crippen LogP contribution in [0.25, 0.3) is 11.0 Å². The molecular weight excluding hydrogens is 392 g/mol. The number of primary amides is 1. The molecule has 1 aromatic heterocycles. The van der Waals surface area contributed by atoms with E-state index in [4.69, 9.17) is 15.2 Å². The first-order chi connectivity index (χ1) is 14.3. The third-order valence-corrected chi connectivity index (χ3v) is 5.17. The van der Waals surface area contributed by atoms with Crippen LogP contribution in [-0.4, -0.2) is 65.1 Å². The molecule has 1 unspecified atom stereocenters. The number of hydrogen-bond donors (Lipinski definition) is 2. The Bertz CT molecular complexity index is 1020. The van der Waals surface area contributed by atoms with Gasteiger partial charge in [0.1, 0.15) is 0 Å². The van der Waals surface area contributed by atoms with Crippen LogP contribution in [0.3, 0.4) is 0 Å². The molecule has 1 aliphatic heterocycles. The number of rotatable bonds is 8. The minimum absolute atomic E-state index is 0.112. The third kappa shape index (κ3) is 4.54. The number of fused-ring (bicyclic) bond motifs is 1. The van der Waals surface area contributed by atoms with Crippen LogP contribution in [-0.2, 0) is 32.0 Å². The number of H-pyrrole nitrogens is 1. The van der Waals surface area contributed by atoms with E-state index in [0.717, 1.165) is 12.8 Å². The van der Waals surface area contributed by atoms with Crippen molar-refractivity contribution in [2.75, 3.05) is 26.8 Å². The number of ether oxygens (including phenoxy) is 2. The first-order valence-electron chi connectivity index (χ1n) is 9.85. The first-order valence-corrected chi connectivity index (χ1v) is 9.85. The number of esters is 1. The molecule has 1 atom stereocenters. The summed E-state index contributed by atoms with van der Waals surface area (Å²) in [6.07, 6.45) is 1.45. The molecule has 162 valence electrons. The molecule has 0 radical (unpaired) electrons. The number of benzene rings is 1. The van der Waals surface area contributed by atoms with Gasteiger partial charge in [-0.15, -0.1) is 0 Å². The average Bonchev–Trinajstić information content (AvgIpc) is 3.32. The molecule has 30 heavy (non-hydrogen) atoms. The van der Waals surface area contributed by atoms with Gasteiger partial charge in [0.05, 0.1) is 42.8 Å². The lowest BCUT2D eigenvalue weighted by molar-refractivity contribution is -0.136. The number of carbonyl (C=O) groups is 3. The van der Waals surface area contributed by atoms with Crippen molar-refractivity contribution in [2.24, 2.45) is 5.73 Å². The monoisotopic (exact) mass is 418 g/mol. The van der Waals surface area contributed by atoms with E-state index in [-0.39, 0.29) is 42.8 Å².